The van der Waals surface area contributed by atoms with E-state index in [1.54, 1.807) is 32.9 Å². The number of carbonyl (C=O) groups excluding carboxylic acids is 1. The van der Waals surface area contributed by atoms with E-state index >= 15 is 0 Å². The van der Waals surface area contributed by atoms with E-state index in [-0.39, 0.29) is 69.9 Å². The Labute approximate surface area is 498 Å². The molecule has 86 heavy (non-hydrogen) atoms. The Kier molecular flexibility index (Phi) is 22.8. The van der Waals surface area contributed by atoms with Gasteiger partial charge in [0.1, 0.15) is 24.4 Å². The van der Waals surface area contributed by atoms with Gasteiger partial charge in [-0.2, -0.15) is 0 Å². The van der Waals surface area contributed by atoms with E-state index < -0.39 is 98.6 Å². The molecule has 6 aromatic carbocycles. The highest BCUT2D eigenvalue weighted by Gasteiger charge is 2.34. The zero-order valence-electron chi connectivity index (χ0n) is 50.2. The van der Waals surface area contributed by atoms with Crippen LogP contribution in [0.4, 0.5) is 5.69 Å². The average molecular weight is 1190 g/mol. The number of hydrogen-bond acceptors (Lipinski definition) is 19. The van der Waals surface area contributed by atoms with Gasteiger partial charge in [-0.25, -0.2) is 4.58 Å². The smallest absolute Gasteiger partial charge is 0.203 e. The SMILES string of the molecule is CC1c2cc(c(O)c(O)c2O)C(C)c2cc(c(O)c(O)c2O)C(C)c2cc(c(O)c(O)c2O)C(C)c2cc1c(O)c(O)c2O.CCN(CC)c1ccc2c(-c3ccccc3C(=O)[O-])c3ccc(=[N+](CC)CC)cc-3oc2c1.CCO.CCO.CCO. The lowest BCUT2D eigenvalue weighted by Crippen LogP contribution is -2.29. The van der Waals surface area contributed by atoms with Crippen LogP contribution >= 0.6 is 0 Å². The van der Waals surface area contributed by atoms with E-state index in [4.69, 9.17) is 19.7 Å². The van der Waals surface area contributed by atoms with Crippen LogP contribution in [0.2, 0.25) is 0 Å². The van der Waals surface area contributed by atoms with Gasteiger partial charge in [-0.15, -0.1) is 0 Å². The fourth-order valence-electron chi connectivity index (χ4n) is 10.7. The van der Waals surface area contributed by atoms with Crippen LogP contribution < -0.4 is 19.9 Å². The first kappa shape index (κ1) is 67.5. The second-order valence-electron chi connectivity index (χ2n) is 20.3. The minimum Gasteiger partial charge on any atom is -0.545 e. The standard InChI is InChI=1S/C32H32O12.C28H30N2O3.3C2H6O/c1-9-13-5-15(23(35)29(41)21(13)33)10(2)17-7-19(27(39)31(43)25(17)37)12(4)20-8-18(26(38)32(44)28(20)40)11(3)16-6-14(9)22(34)30(42)24(16)36;1-5-29(6-2)19-13-15-23-25(17-19)33-26-18-20(30(7-3)8-4)14-16-24(26)27(23)21-11-9-10-12-22(21)28(31)32;3*1-2-3/h5-12,33-44H,1-4H3;9-18H,5-8H2,1-4H3;3*3H,2H2,1H3. The number of aliphatic hydroxyl groups is 3. The van der Waals surface area contributed by atoms with Gasteiger partial charge in [-0.1, -0.05) is 52.0 Å². The molecule has 1 heterocycles. The fraction of sp³-hybridized carbons (Fsp3) is 0.333. The number of carboxylic acids is 1. The van der Waals surface area contributed by atoms with Gasteiger partial charge in [0.25, 0.3) is 0 Å². The van der Waals surface area contributed by atoms with E-state index in [0.29, 0.717) is 5.56 Å². The summed E-state index contributed by atoms with van der Waals surface area (Å²) in [5, 5.41) is 166. The topological polar surface area (TPSA) is 363 Å². The molecule has 15 N–H and O–H groups in total. The Morgan fingerprint density at radius 2 is 0.791 bits per heavy atom. The van der Waals surface area contributed by atoms with Crippen molar-refractivity contribution in [1.82, 2.24) is 4.58 Å². The second-order valence-corrected chi connectivity index (χ2v) is 20.3. The average Bonchev–Trinajstić information content (AvgIpc) is 1.00. The molecule has 3 aliphatic rings. The number of phenols is 12. The van der Waals surface area contributed by atoms with Gasteiger partial charge in [0.15, 0.2) is 46.0 Å². The molecule has 1 aliphatic heterocycles. The lowest BCUT2D eigenvalue weighted by atomic mass is 9.80. The van der Waals surface area contributed by atoms with Crippen molar-refractivity contribution in [3.8, 4) is 91.4 Å². The predicted octanol–water partition coefficient (Wildman–Crippen LogP) is 9.30. The number of carbonyl (C=O) groups is 1. The highest BCUT2D eigenvalue weighted by Crippen LogP contribution is 2.57. The molecule has 0 amide bonds. The molecule has 9 rings (SSSR count). The van der Waals surface area contributed by atoms with Gasteiger partial charge in [-0.3, -0.25) is 0 Å². The summed E-state index contributed by atoms with van der Waals surface area (Å²) in [5.74, 6) is -14.4. The largest absolute Gasteiger partial charge is 0.545 e. The quantitative estimate of drug-likeness (QED) is 0.0401. The molecular formula is C66H80N2O18. The molecule has 6 aromatic rings. The first-order chi connectivity index (χ1) is 40.8. The molecule has 0 atom stereocenters. The van der Waals surface area contributed by atoms with Gasteiger partial charge in [0, 0.05) is 141 Å². The zero-order valence-corrected chi connectivity index (χ0v) is 50.2. The minimum absolute atomic E-state index is 0.0447. The van der Waals surface area contributed by atoms with Crippen LogP contribution in [0.3, 0.4) is 0 Å². The lowest BCUT2D eigenvalue weighted by Gasteiger charge is -2.26. The van der Waals surface area contributed by atoms with Crippen LogP contribution in [0.1, 0.15) is 155 Å². The molecule has 20 heteroatoms. The summed E-state index contributed by atoms with van der Waals surface area (Å²) in [5.41, 5.74) is 3.98. The Hall–Kier alpha value is -9.24. The number of rotatable bonds is 7. The maximum Gasteiger partial charge on any atom is 0.203 e. The number of phenolic OH excluding ortho intramolecular Hbond substituents is 12. The third kappa shape index (κ3) is 13.2. The highest BCUT2D eigenvalue weighted by atomic mass is 16.4. The minimum atomic E-state index is -1.19. The number of benzene rings is 7. The van der Waals surface area contributed by atoms with Gasteiger partial charge in [0.05, 0.1) is 12.0 Å². The Bertz CT molecular complexity index is 3360. The molecule has 0 fully saturated rings. The van der Waals surface area contributed by atoms with Crippen LogP contribution in [0.15, 0.2) is 89.3 Å². The molecular weight excluding hydrogens is 1110 g/mol. The summed E-state index contributed by atoms with van der Waals surface area (Å²) in [7, 11) is 0. The van der Waals surface area contributed by atoms with Gasteiger partial charge in [0.2, 0.25) is 28.4 Å². The van der Waals surface area contributed by atoms with Crippen molar-refractivity contribution in [3.63, 3.8) is 0 Å². The van der Waals surface area contributed by atoms with Crippen molar-refractivity contribution in [3.05, 3.63) is 140 Å². The Morgan fingerprint density at radius 3 is 1.10 bits per heavy atom. The van der Waals surface area contributed by atoms with E-state index in [0.717, 1.165) is 65.1 Å². The maximum atomic E-state index is 12.0. The van der Waals surface area contributed by atoms with Crippen LogP contribution in [0.25, 0.3) is 33.4 Å². The lowest BCUT2D eigenvalue weighted by molar-refractivity contribution is -0.255. The van der Waals surface area contributed by atoms with Crippen molar-refractivity contribution >= 4 is 22.6 Å². The molecule has 20 nitrogen and oxygen atoms in total. The maximum absolute atomic E-state index is 12.0. The Balaban J connectivity index is 0.000000284. The van der Waals surface area contributed by atoms with E-state index in [1.807, 2.05) is 24.3 Å². The summed E-state index contributed by atoms with van der Waals surface area (Å²) < 4.78 is 8.72. The number of aromatic hydroxyl groups is 12. The molecule has 0 saturated carbocycles. The summed E-state index contributed by atoms with van der Waals surface area (Å²) in [6.07, 6.45) is 0. The molecule has 462 valence electrons. The Morgan fingerprint density at radius 1 is 0.453 bits per heavy atom. The number of carboxylic acid groups (broad SMARTS) is 1. The molecule has 0 radical (unpaired) electrons. The number of fused-ring (bicyclic) bond motifs is 10. The molecule has 8 bridgehead atoms. The third-order valence-corrected chi connectivity index (χ3v) is 15.3. The number of hydrogen-bond donors (Lipinski definition) is 15. The van der Waals surface area contributed by atoms with Crippen molar-refractivity contribution in [1.29, 1.82) is 0 Å². The summed E-state index contributed by atoms with van der Waals surface area (Å²) in [6.45, 7) is 23.8. The van der Waals surface area contributed by atoms with Gasteiger partial charge in [-0.05, 0) is 96.5 Å². The summed E-state index contributed by atoms with van der Waals surface area (Å²) in [4.78, 5) is 14.2. The number of aromatic carboxylic acids is 1. The van der Waals surface area contributed by atoms with Gasteiger partial charge < -0.3 is 95.8 Å². The zero-order chi connectivity index (χ0) is 64.3. The molecule has 0 spiro atoms. The highest BCUT2D eigenvalue weighted by molar-refractivity contribution is 6.07. The van der Waals surface area contributed by atoms with E-state index in [2.05, 4.69) is 61.4 Å². The van der Waals surface area contributed by atoms with Crippen molar-refractivity contribution < 1.29 is 90.9 Å². The van der Waals surface area contributed by atoms with Crippen LogP contribution in [0.5, 0.6) is 69.0 Å². The van der Waals surface area contributed by atoms with E-state index in [9.17, 15) is 71.2 Å². The predicted molar refractivity (Wildman–Crippen MR) is 327 cm³/mol. The normalized spacial score (nSPS) is 14.9. The number of nitrogens with zero attached hydrogens (tertiary/aromatic N) is 2. The summed E-state index contributed by atoms with van der Waals surface area (Å²) >= 11 is 0. The first-order valence-electron chi connectivity index (χ1n) is 28.3. The fourth-order valence-corrected chi connectivity index (χ4v) is 10.7. The number of anilines is 1. The monoisotopic (exact) mass is 1190 g/mol. The third-order valence-electron chi connectivity index (χ3n) is 15.3. The van der Waals surface area contributed by atoms with Crippen molar-refractivity contribution in [2.45, 2.75) is 99.8 Å². The van der Waals surface area contributed by atoms with Crippen LogP contribution in [-0.2, 0) is 0 Å². The second kappa shape index (κ2) is 29.0. The molecule has 0 saturated heterocycles. The molecule has 0 aromatic heterocycles. The van der Waals surface area contributed by atoms with Crippen molar-refractivity contribution in [2.24, 2.45) is 0 Å². The first-order valence-corrected chi connectivity index (χ1v) is 28.3. The van der Waals surface area contributed by atoms with Crippen LogP contribution in [-0.4, -0.2) is 129 Å². The molecule has 0 unspecified atom stereocenters. The summed E-state index contributed by atoms with van der Waals surface area (Å²) in [6, 6.07) is 24.5. The van der Waals surface area contributed by atoms with Crippen molar-refractivity contribution in [2.75, 3.05) is 50.9 Å². The van der Waals surface area contributed by atoms with Crippen LogP contribution in [0, 0.1) is 0 Å². The number of aliphatic hydroxyl groups excluding tert-OH is 3. The molecule has 2 aliphatic carbocycles. The van der Waals surface area contributed by atoms with E-state index in [1.165, 1.54) is 52.0 Å². The van der Waals surface area contributed by atoms with Gasteiger partial charge >= 0.3 is 0 Å².